The number of halogens is 1. The molecule has 0 saturated heterocycles. The highest BCUT2D eigenvalue weighted by Crippen LogP contribution is 2.09. The van der Waals surface area contributed by atoms with E-state index < -0.39 is 11.8 Å². The molecule has 0 fully saturated rings. The number of anilines is 1. The summed E-state index contributed by atoms with van der Waals surface area (Å²) in [6.07, 6.45) is 4.87. The van der Waals surface area contributed by atoms with E-state index in [9.17, 15) is 9.59 Å². The highest BCUT2D eigenvalue weighted by atomic mass is 35.5. The molecule has 0 unspecified atom stereocenters. The quantitative estimate of drug-likeness (QED) is 0.825. The third-order valence-corrected chi connectivity index (χ3v) is 2.96. The lowest BCUT2D eigenvalue weighted by Crippen LogP contribution is -2.37. The smallest absolute Gasteiger partial charge is 0.314 e. The van der Waals surface area contributed by atoms with Crippen LogP contribution in [0.4, 0.5) is 5.82 Å². The number of pyridine rings is 1. The average molecular weight is 308 g/mol. The van der Waals surface area contributed by atoms with Crippen LogP contribution < -0.4 is 10.6 Å². The Bertz CT molecular complexity index is 638. The van der Waals surface area contributed by atoms with Gasteiger partial charge in [0.05, 0.1) is 5.02 Å². The van der Waals surface area contributed by atoms with Gasteiger partial charge in [-0.1, -0.05) is 11.6 Å². The fourth-order valence-electron chi connectivity index (χ4n) is 1.63. The highest BCUT2D eigenvalue weighted by molar-refractivity contribution is 6.39. The lowest BCUT2D eigenvalue weighted by Gasteiger charge is -2.07. The third-order valence-electron chi connectivity index (χ3n) is 2.74. The van der Waals surface area contributed by atoms with Crippen molar-refractivity contribution in [2.24, 2.45) is 0 Å². The Balaban J connectivity index is 1.79. The third kappa shape index (κ3) is 4.28. The van der Waals surface area contributed by atoms with Gasteiger partial charge < -0.3 is 15.2 Å². The minimum atomic E-state index is -0.771. The lowest BCUT2D eigenvalue weighted by atomic mass is 10.4. The van der Waals surface area contributed by atoms with E-state index >= 15 is 0 Å². The van der Waals surface area contributed by atoms with Gasteiger partial charge in [0.25, 0.3) is 0 Å². The van der Waals surface area contributed by atoms with Crippen molar-refractivity contribution in [2.45, 2.75) is 13.5 Å². The second-order valence-electron chi connectivity index (χ2n) is 4.24. The number of hydrogen-bond donors (Lipinski definition) is 2. The monoisotopic (exact) mass is 307 g/mol. The van der Waals surface area contributed by atoms with Gasteiger partial charge in [-0.15, -0.1) is 0 Å². The number of nitrogens with one attached hydrogen (secondary N) is 2. The molecule has 2 heterocycles. The molecule has 21 heavy (non-hydrogen) atoms. The molecule has 2 aromatic rings. The van der Waals surface area contributed by atoms with Gasteiger partial charge in [0, 0.05) is 31.7 Å². The molecular formula is C13H14ClN5O2. The molecule has 2 rings (SSSR count). The fraction of sp³-hybridized carbons (Fsp3) is 0.231. The van der Waals surface area contributed by atoms with Crippen molar-refractivity contribution in [3.05, 3.63) is 41.6 Å². The first-order valence-electron chi connectivity index (χ1n) is 6.25. The van der Waals surface area contributed by atoms with Crippen molar-refractivity contribution in [2.75, 3.05) is 11.9 Å². The van der Waals surface area contributed by atoms with Crippen LogP contribution in [0.15, 0.2) is 30.7 Å². The molecule has 0 saturated carbocycles. The first kappa shape index (κ1) is 15.0. The van der Waals surface area contributed by atoms with Crippen LogP contribution in [-0.2, 0) is 16.1 Å². The molecule has 0 atom stereocenters. The minimum Gasteiger partial charge on any atom is -0.346 e. The van der Waals surface area contributed by atoms with Crippen LogP contribution in [0.25, 0.3) is 0 Å². The number of amides is 2. The largest absolute Gasteiger partial charge is 0.346 e. The summed E-state index contributed by atoms with van der Waals surface area (Å²) >= 11 is 5.68. The average Bonchev–Trinajstić information content (AvgIpc) is 2.87. The normalized spacial score (nSPS) is 10.2. The molecule has 0 radical (unpaired) electrons. The molecule has 0 bridgehead atoms. The summed E-state index contributed by atoms with van der Waals surface area (Å²) in [5.41, 5.74) is 0. The molecule has 0 aromatic carbocycles. The summed E-state index contributed by atoms with van der Waals surface area (Å²) in [6, 6.07) is 3.09. The summed E-state index contributed by atoms with van der Waals surface area (Å²) in [5, 5.41) is 5.36. The molecule has 0 aliphatic heterocycles. The van der Waals surface area contributed by atoms with E-state index in [-0.39, 0.29) is 5.82 Å². The Morgan fingerprint density at radius 1 is 1.29 bits per heavy atom. The lowest BCUT2D eigenvalue weighted by molar-refractivity contribution is -0.136. The molecule has 0 spiro atoms. The molecule has 2 aromatic heterocycles. The van der Waals surface area contributed by atoms with Crippen LogP contribution in [0.1, 0.15) is 5.82 Å². The summed E-state index contributed by atoms with van der Waals surface area (Å²) in [5.74, 6) is -0.374. The molecule has 0 aliphatic carbocycles. The van der Waals surface area contributed by atoms with Crippen LogP contribution >= 0.6 is 11.6 Å². The molecule has 2 amide bonds. The number of carbonyl (C=O) groups is 2. The van der Waals surface area contributed by atoms with Gasteiger partial charge in [0.15, 0.2) is 0 Å². The number of aromatic nitrogens is 3. The van der Waals surface area contributed by atoms with Crippen LogP contribution in [-0.4, -0.2) is 32.9 Å². The Morgan fingerprint density at radius 2 is 2.10 bits per heavy atom. The van der Waals surface area contributed by atoms with Crippen molar-refractivity contribution in [3.8, 4) is 0 Å². The van der Waals surface area contributed by atoms with E-state index in [4.69, 9.17) is 11.6 Å². The zero-order chi connectivity index (χ0) is 15.2. The van der Waals surface area contributed by atoms with Crippen molar-refractivity contribution in [3.63, 3.8) is 0 Å². The van der Waals surface area contributed by atoms with Crippen LogP contribution in [0, 0.1) is 6.92 Å². The van der Waals surface area contributed by atoms with Crippen molar-refractivity contribution >= 4 is 29.2 Å². The minimum absolute atomic E-state index is 0.269. The summed E-state index contributed by atoms with van der Waals surface area (Å²) in [7, 11) is 0. The Labute approximate surface area is 126 Å². The van der Waals surface area contributed by atoms with Crippen molar-refractivity contribution < 1.29 is 9.59 Å². The second-order valence-corrected chi connectivity index (χ2v) is 4.68. The number of nitrogens with zero attached hydrogens (tertiary/aromatic N) is 3. The number of rotatable bonds is 4. The van der Waals surface area contributed by atoms with E-state index in [0.29, 0.717) is 18.1 Å². The van der Waals surface area contributed by atoms with Gasteiger partial charge in [-0.3, -0.25) is 9.59 Å². The van der Waals surface area contributed by atoms with Crippen LogP contribution in [0.5, 0.6) is 0 Å². The maximum Gasteiger partial charge on any atom is 0.314 e. The van der Waals surface area contributed by atoms with Crippen molar-refractivity contribution in [1.82, 2.24) is 19.9 Å². The van der Waals surface area contributed by atoms with Gasteiger partial charge in [0.1, 0.15) is 11.6 Å². The van der Waals surface area contributed by atoms with Crippen molar-refractivity contribution in [1.29, 1.82) is 0 Å². The first-order chi connectivity index (χ1) is 10.1. The van der Waals surface area contributed by atoms with E-state index in [2.05, 4.69) is 20.6 Å². The van der Waals surface area contributed by atoms with E-state index in [0.717, 1.165) is 5.82 Å². The van der Waals surface area contributed by atoms with Crippen LogP contribution in [0.2, 0.25) is 5.02 Å². The predicted molar refractivity (Wildman–Crippen MR) is 77.9 cm³/mol. The van der Waals surface area contributed by atoms with Crippen LogP contribution in [0.3, 0.4) is 0 Å². The Hall–Kier alpha value is -2.41. The van der Waals surface area contributed by atoms with Gasteiger partial charge in [0.2, 0.25) is 0 Å². The zero-order valence-corrected chi connectivity index (χ0v) is 12.1. The Morgan fingerprint density at radius 3 is 2.71 bits per heavy atom. The van der Waals surface area contributed by atoms with E-state index in [1.165, 1.54) is 12.3 Å². The first-order valence-corrected chi connectivity index (χ1v) is 6.62. The maximum absolute atomic E-state index is 11.6. The van der Waals surface area contributed by atoms with Gasteiger partial charge >= 0.3 is 11.8 Å². The highest BCUT2D eigenvalue weighted by Gasteiger charge is 2.13. The van der Waals surface area contributed by atoms with E-state index in [1.54, 1.807) is 18.5 Å². The summed E-state index contributed by atoms with van der Waals surface area (Å²) < 4.78 is 1.87. The summed E-state index contributed by atoms with van der Waals surface area (Å²) in [6.45, 7) is 2.74. The standard InChI is InChI=1S/C13H14ClN5O2/c1-9-15-4-6-19(9)7-5-16-12(20)13(21)18-11-3-2-10(14)8-17-11/h2-4,6,8H,5,7H2,1H3,(H,16,20)(H,17,18,21). The zero-order valence-electron chi connectivity index (χ0n) is 11.3. The molecule has 2 N–H and O–H groups in total. The molecule has 0 aliphatic rings. The second kappa shape index (κ2) is 6.85. The van der Waals surface area contributed by atoms with Gasteiger partial charge in [-0.2, -0.15) is 0 Å². The topological polar surface area (TPSA) is 88.9 Å². The van der Waals surface area contributed by atoms with Gasteiger partial charge in [-0.05, 0) is 19.1 Å². The maximum atomic E-state index is 11.6. The fourth-order valence-corrected chi connectivity index (χ4v) is 1.74. The summed E-state index contributed by atoms with van der Waals surface area (Å²) in [4.78, 5) is 31.2. The molecular weight excluding hydrogens is 294 g/mol. The SMILES string of the molecule is Cc1nccn1CCNC(=O)C(=O)Nc1ccc(Cl)cn1. The number of imidazole rings is 1. The molecule has 7 nitrogen and oxygen atoms in total. The van der Waals surface area contributed by atoms with Gasteiger partial charge in [-0.25, -0.2) is 9.97 Å². The number of aryl methyl sites for hydroxylation is 1. The number of hydrogen-bond acceptors (Lipinski definition) is 4. The number of carbonyl (C=O) groups excluding carboxylic acids is 2. The predicted octanol–water partition coefficient (Wildman–Crippen LogP) is 0.995. The molecule has 110 valence electrons. The van der Waals surface area contributed by atoms with E-state index in [1.807, 2.05) is 11.5 Å². The molecule has 8 heteroatoms. The Kier molecular flexibility index (Phi) is 4.89.